The van der Waals surface area contributed by atoms with Gasteiger partial charge in [0, 0.05) is 41.5 Å². The van der Waals surface area contributed by atoms with Gasteiger partial charge < -0.3 is 15.5 Å². The van der Waals surface area contributed by atoms with Crippen molar-refractivity contribution < 1.29 is 14.4 Å². The van der Waals surface area contributed by atoms with Crippen molar-refractivity contribution in [2.45, 2.75) is 25.7 Å². The second-order valence-corrected chi connectivity index (χ2v) is 7.00. The summed E-state index contributed by atoms with van der Waals surface area (Å²) in [6.07, 6.45) is 3.28. The quantitative estimate of drug-likeness (QED) is 0.854. The van der Waals surface area contributed by atoms with Gasteiger partial charge in [-0.3, -0.25) is 14.4 Å². The van der Waals surface area contributed by atoms with E-state index in [0.717, 1.165) is 24.9 Å². The number of nitrogens with one attached hydrogen (secondary N) is 2. The second kappa shape index (κ2) is 7.23. The van der Waals surface area contributed by atoms with Gasteiger partial charge in [0.05, 0.1) is 0 Å². The van der Waals surface area contributed by atoms with Gasteiger partial charge in [0.1, 0.15) is 0 Å². The van der Waals surface area contributed by atoms with Gasteiger partial charge in [0.25, 0.3) is 5.91 Å². The van der Waals surface area contributed by atoms with E-state index in [1.165, 1.54) is 0 Å². The lowest BCUT2D eigenvalue weighted by atomic mass is 10.1. The number of rotatable bonds is 5. The highest BCUT2D eigenvalue weighted by molar-refractivity contribution is 6.06. The maximum absolute atomic E-state index is 12.6. The third kappa shape index (κ3) is 4.00. The van der Waals surface area contributed by atoms with Crippen molar-refractivity contribution in [3.63, 3.8) is 0 Å². The van der Waals surface area contributed by atoms with Crippen molar-refractivity contribution in [1.29, 1.82) is 0 Å². The number of anilines is 3. The molecule has 3 amide bonds. The Labute approximate surface area is 157 Å². The van der Waals surface area contributed by atoms with E-state index in [-0.39, 0.29) is 23.6 Å². The molecule has 0 bridgehead atoms. The summed E-state index contributed by atoms with van der Waals surface area (Å²) >= 11 is 0. The molecule has 138 valence electrons. The fraction of sp³-hybridized carbons (Fsp3) is 0.286. The zero-order valence-electron chi connectivity index (χ0n) is 14.9. The van der Waals surface area contributed by atoms with Gasteiger partial charge >= 0.3 is 0 Å². The average Bonchev–Trinajstić information content (AvgIpc) is 3.43. The van der Waals surface area contributed by atoms with Crippen LogP contribution >= 0.6 is 0 Å². The summed E-state index contributed by atoms with van der Waals surface area (Å²) in [4.78, 5) is 38.1. The standard InChI is InChI=1S/C21H21N3O3/c25-19-8-3-11-24(19)18-7-1-4-15(12-18)21(27)23-17-6-2-5-16(13-17)22-20(26)14-9-10-14/h1-2,4-7,12-14H,3,8-11H2,(H,22,26)(H,23,27). The molecule has 0 atom stereocenters. The first-order chi connectivity index (χ1) is 13.1. The first-order valence-electron chi connectivity index (χ1n) is 9.23. The zero-order chi connectivity index (χ0) is 18.8. The molecule has 2 aliphatic rings. The smallest absolute Gasteiger partial charge is 0.255 e. The van der Waals surface area contributed by atoms with E-state index in [1.54, 1.807) is 47.4 Å². The zero-order valence-corrected chi connectivity index (χ0v) is 14.9. The van der Waals surface area contributed by atoms with Crippen LogP contribution < -0.4 is 15.5 Å². The van der Waals surface area contributed by atoms with Crippen molar-refractivity contribution in [2.24, 2.45) is 5.92 Å². The third-order valence-electron chi connectivity index (χ3n) is 4.83. The molecule has 0 spiro atoms. The minimum Gasteiger partial charge on any atom is -0.326 e. The molecular formula is C21H21N3O3. The first kappa shape index (κ1) is 17.3. The lowest BCUT2D eigenvalue weighted by Gasteiger charge is -2.16. The normalized spacial score (nSPS) is 16.3. The fourth-order valence-electron chi connectivity index (χ4n) is 3.20. The second-order valence-electron chi connectivity index (χ2n) is 7.00. The molecule has 2 N–H and O–H groups in total. The molecule has 0 aromatic heterocycles. The summed E-state index contributed by atoms with van der Waals surface area (Å²) < 4.78 is 0. The Kier molecular flexibility index (Phi) is 4.62. The Balaban J connectivity index is 1.46. The molecule has 2 fully saturated rings. The van der Waals surface area contributed by atoms with E-state index < -0.39 is 0 Å². The largest absolute Gasteiger partial charge is 0.326 e. The number of nitrogens with zero attached hydrogens (tertiary/aromatic N) is 1. The van der Waals surface area contributed by atoms with E-state index in [0.29, 0.717) is 29.9 Å². The van der Waals surface area contributed by atoms with Crippen LogP contribution in [0.2, 0.25) is 0 Å². The summed E-state index contributed by atoms with van der Waals surface area (Å²) in [6.45, 7) is 0.687. The Hall–Kier alpha value is -3.15. The first-order valence-corrected chi connectivity index (χ1v) is 9.23. The maximum atomic E-state index is 12.6. The molecule has 2 aromatic rings. The summed E-state index contributed by atoms with van der Waals surface area (Å²) in [6, 6.07) is 14.2. The van der Waals surface area contributed by atoms with Crippen molar-refractivity contribution >= 4 is 34.8 Å². The third-order valence-corrected chi connectivity index (χ3v) is 4.83. The molecule has 6 heteroatoms. The Morgan fingerprint density at radius 1 is 0.963 bits per heavy atom. The van der Waals surface area contributed by atoms with E-state index in [4.69, 9.17) is 0 Å². The maximum Gasteiger partial charge on any atom is 0.255 e. The molecule has 1 saturated heterocycles. The fourth-order valence-corrected chi connectivity index (χ4v) is 3.20. The lowest BCUT2D eigenvalue weighted by molar-refractivity contribution is -0.118. The monoisotopic (exact) mass is 363 g/mol. The molecular weight excluding hydrogens is 342 g/mol. The summed E-state index contributed by atoms with van der Waals surface area (Å²) in [5.41, 5.74) is 2.51. The highest BCUT2D eigenvalue weighted by atomic mass is 16.2. The van der Waals surface area contributed by atoms with Crippen LogP contribution in [0, 0.1) is 5.92 Å². The summed E-state index contributed by atoms with van der Waals surface area (Å²) in [5, 5.41) is 5.73. The van der Waals surface area contributed by atoms with Crippen LogP contribution in [0.5, 0.6) is 0 Å². The van der Waals surface area contributed by atoms with Crippen molar-refractivity contribution in [3.8, 4) is 0 Å². The van der Waals surface area contributed by atoms with E-state index in [2.05, 4.69) is 10.6 Å². The van der Waals surface area contributed by atoms with E-state index in [9.17, 15) is 14.4 Å². The average molecular weight is 363 g/mol. The molecule has 1 aliphatic carbocycles. The molecule has 1 aliphatic heterocycles. The summed E-state index contributed by atoms with van der Waals surface area (Å²) in [5.74, 6) is -0.0124. The van der Waals surface area contributed by atoms with Crippen LogP contribution in [0.25, 0.3) is 0 Å². The number of carbonyl (C=O) groups excluding carboxylic acids is 3. The molecule has 2 aromatic carbocycles. The number of amides is 3. The van der Waals surface area contributed by atoms with Gasteiger partial charge in [-0.15, -0.1) is 0 Å². The highest BCUT2D eigenvalue weighted by Gasteiger charge is 2.29. The molecule has 4 rings (SSSR count). The van der Waals surface area contributed by atoms with E-state index in [1.807, 2.05) is 6.07 Å². The molecule has 1 saturated carbocycles. The highest BCUT2D eigenvalue weighted by Crippen LogP contribution is 2.30. The topological polar surface area (TPSA) is 78.5 Å². The molecule has 0 unspecified atom stereocenters. The van der Waals surface area contributed by atoms with E-state index >= 15 is 0 Å². The van der Waals surface area contributed by atoms with Crippen LogP contribution in [-0.4, -0.2) is 24.3 Å². The lowest BCUT2D eigenvalue weighted by Crippen LogP contribution is -2.24. The molecule has 1 heterocycles. The van der Waals surface area contributed by atoms with Crippen molar-refractivity contribution in [2.75, 3.05) is 22.1 Å². The Morgan fingerprint density at radius 2 is 1.70 bits per heavy atom. The number of hydrogen-bond acceptors (Lipinski definition) is 3. The van der Waals surface area contributed by atoms with Gasteiger partial charge in [-0.05, 0) is 55.7 Å². The van der Waals surface area contributed by atoms with Gasteiger partial charge in [-0.1, -0.05) is 12.1 Å². The van der Waals surface area contributed by atoms with Crippen LogP contribution in [0.15, 0.2) is 48.5 Å². The minimum atomic E-state index is -0.255. The molecule has 27 heavy (non-hydrogen) atoms. The van der Waals surface area contributed by atoms with Crippen LogP contribution in [0.3, 0.4) is 0 Å². The number of carbonyl (C=O) groups is 3. The molecule has 6 nitrogen and oxygen atoms in total. The Bertz CT molecular complexity index is 905. The SMILES string of the molecule is O=C(Nc1cccc(NC(=O)C2CC2)c1)c1cccc(N2CCCC2=O)c1. The van der Waals surface area contributed by atoms with Crippen LogP contribution in [0.4, 0.5) is 17.1 Å². The van der Waals surface area contributed by atoms with Gasteiger partial charge in [0.2, 0.25) is 11.8 Å². The van der Waals surface area contributed by atoms with Gasteiger partial charge in [-0.2, -0.15) is 0 Å². The summed E-state index contributed by atoms with van der Waals surface area (Å²) in [7, 11) is 0. The van der Waals surface area contributed by atoms with Gasteiger partial charge in [-0.25, -0.2) is 0 Å². The molecule has 0 radical (unpaired) electrons. The Morgan fingerprint density at radius 3 is 2.41 bits per heavy atom. The van der Waals surface area contributed by atoms with Crippen molar-refractivity contribution in [1.82, 2.24) is 0 Å². The van der Waals surface area contributed by atoms with Crippen LogP contribution in [0.1, 0.15) is 36.0 Å². The predicted octanol–water partition coefficient (Wildman–Crippen LogP) is 3.41. The van der Waals surface area contributed by atoms with Gasteiger partial charge in [0.15, 0.2) is 0 Å². The van der Waals surface area contributed by atoms with Crippen molar-refractivity contribution in [3.05, 3.63) is 54.1 Å². The number of benzene rings is 2. The number of hydrogen-bond donors (Lipinski definition) is 2. The minimum absolute atomic E-state index is 0.0291. The predicted molar refractivity (Wildman–Crippen MR) is 104 cm³/mol. The van der Waals surface area contributed by atoms with Crippen LogP contribution in [-0.2, 0) is 9.59 Å².